The smallest absolute Gasteiger partial charge is 0.0136 e. The number of aryl methyl sites for hydroxylation is 2. The number of hydrogen-bond acceptors (Lipinski definition) is 0. The first-order valence-corrected chi connectivity index (χ1v) is 21.3. The minimum atomic E-state index is -0.0685. The normalized spacial score (nSPS) is 12.1. The van der Waals surface area contributed by atoms with Crippen molar-refractivity contribution in [1.82, 2.24) is 0 Å². The Labute approximate surface area is 356 Å². The van der Waals surface area contributed by atoms with Crippen molar-refractivity contribution in [3.05, 3.63) is 148 Å². The van der Waals surface area contributed by atoms with Crippen LogP contribution >= 0.6 is 0 Å². The summed E-state index contributed by atoms with van der Waals surface area (Å²) in [5, 5.41) is 5.62. The average molecular weight is 839 g/mol. The Morgan fingerprint density at radius 3 is 1.69 bits per heavy atom. The molecule has 0 heterocycles. The van der Waals surface area contributed by atoms with Gasteiger partial charge in [-0.2, -0.15) is 6.08 Å². The second-order valence-electron chi connectivity index (χ2n) is 15.8. The van der Waals surface area contributed by atoms with Crippen molar-refractivity contribution in [3.63, 3.8) is 0 Å². The van der Waals surface area contributed by atoms with E-state index in [2.05, 4.69) is 159 Å². The van der Waals surface area contributed by atoms with Crippen LogP contribution in [0.1, 0.15) is 145 Å². The third-order valence-electron chi connectivity index (χ3n) is 11.1. The third-order valence-corrected chi connectivity index (χ3v) is 12.3. The first kappa shape index (κ1) is 47.7. The average Bonchev–Trinajstić information content (AvgIpc) is 3.85. The van der Waals surface area contributed by atoms with Crippen LogP contribution in [0, 0.1) is 19.9 Å². The third kappa shape index (κ3) is 12.0. The molecule has 0 nitrogen and oxygen atoms in total. The van der Waals surface area contributed by atoms with Crippen LogP contribution in [0.15, 0.2) is 103 Å². The second kappa shape index (κ2) is 23.0. The molecule has 0 saturated heterocycles. The van der Waals surface area contributed by atoms with Gasteiger partial charge in [-0.15, -0.1) is 45.7 Å². The van der Waals surface area contributed by atoms with Gasteiger partial charge in [-0.05, 0) is 36.1 Å². The molecule has 6 rings (SSSR count). The molecule has 288 valence electrons. The molecule has 0 aliphatic heterocycles. The number of benzene rings is 4. The van der Waals surface area contributed by atoms with E-state index >= 15 is 0 Å². The minimum Gasteiger partial charge on any atom is -1.00 e. The summed E-state index contributed by atoms with van der Waals surface area (Å²) in [6, 6.07) is 31.9. The molecule has 0 radical (unpaired) electrons. The van der Waals surface area contributed by atoms with Crippen LogP contribution in [0.25, 0.3) is 21.5 Å². The van der Waals surface area contributed by atoms with Gasteiger partial charge >= 0.3 is 79.8 Å². The summed E-state index contributed by atoms with van der Waals surface area (Å²) >= 11 is 1.67. The predicted molar refractivity (Wildman–Crippen MR) is 228 cm³/mol. The first-order valence-electron chi connectivity index (χ1n) is 20.0. The van der Waals surface area contributed by atoms with E-state index in [1.165, 1.54) is 112 Å². The van der Waals surface area contributed by atoms with E-state index in [-0.39, 0.29) is 35.6 Å². The fraction of sp³-hybridized carbons (Fsp3) is 0.412. The summed E-state index contributed by atoms with van der Waals surface area (Å²) in [6.45, 7) is 21.0. The Hall–Kier alpha value is -2.44. The summed E-state index contributed by atoms with van der Waals surface area (Å²) in [6.07, 6.45) is 21.9. The van der Waals surface area contributed by atoms with Crippen LogP contribution in [0.4, 0.5) is 0 Å². The number of halogens is 2. The topological polar surface area (TPSA) is 0 Å². The molecule has 0 aromatic heterocycles. The standard InChI is InChI=1S/C37H41.C9H18.C5H5.2ClH.Zr/c1-8-9-20-30-26(3)35(37(6,7)29-18-14-11-15-19-29)24-33-31-23-34(25(2)21-27(31)22-32(30)33)36(4,5)28-16-12-10-13-17-28;1-3-5-7-9-8-6-4-2;1-2-4-5-3-1;;;/h10-19,21-24H,8-9,20H2,1-7H3;3-8H2,1-2H3;1-3H,4H2;2*1H;/q-1;;-1;;;+2/p-2. The Balaban J connectivity index is 0.000000498. The van der Waals surface area contributed by atoms with Gasteiger partial charge in [-0.3, -0.25) is 6.08 Å². The largest absolute Gasteiger partial charge is 1.00 e. The molecule has 5 aromatic carbocycles. The number of hydrogen-bond donors (Lipinski definition) is 0. The number of fused-ring (bicyclic) bond motifs is 3. The van der Waals surface area contributed by atoms with Crippen molar-refractivity contribution in [2.75, 3.05) is 0 Å². The fourth-order valence-corrected chi connectivity index (χ4v) is 8.62. The van der Waals surface area contributed by atoms with E-state index in [9.17, 15) is 0 Å². The molecule has 0 bridgehead atoms. The van der Waals surface area contributed by atoms with Gasteiger partial charge in [0, 0.05) is 10.8 Å². The SMILES string of the molecule is CCCC[C](=[Zr+2])CCCC.CCCCc1c(C)c(C(C)(C)c2ccccc2)cc2c1[cH-]c1cc(C)c(C(C)(C)c3ccccc3)cc12.[C-]1=CC=CC1.[Cl-].[Cl-]. The Morgan fingerprint density at radius 2 is 1.22 bits per heavy atom. The number of unbranched alkanes of at least 4 members (excludes halogenated alkanes) is 3. The van der Waals surface area contributed by atoms with Gasteiger partial charge in [0.15, 0.2) is 0 Å². The van der Waals surface area contributed by atoms with Crippen LogP contribution in [0.2, 0.25) is 0 Å². The van der Waals surface area contributed by atoms with E-state index in [0.717, 1.165) is 12.8 Å². The predicted octanol–water partition coefficient (Wildman–Crippen LogP) is 8.72. The van der Waals surface area contributed by atoms with Crippen LogP contribution in [0.5, 0.6) is 0 Å². The van der Waals surface area contributed by atoms with Crippen LogP contribution in [-0.4, -0.2) is 3.21 Å². The molecule has 0 amide bonds. The van der Waals surface area contributed by atoms with Crippen molar-refractivity contribution in [3.8, 4) is 0 Å². The van der Waals surface area contributed by atoms with Crippen molar-refractivity contribution in [2.24, 2.45) is 0 Å². The van der Waals surface area contributed by atoms with E-state index in [0.29, 0.717) is 0 Å². The molecule has 54 heavy (non-hydrogen) atoms. The maximum Gasteiger partial charge on any atom is 0.0136 e. The van der Waals surface area contributed by atoms with Gasteiger partial charge < -0.3 is 24.8 Å². The summed E-state index contributed by atoms with van der Waals surface area (Å²) < 4.78 is 1.79. The molecule has 0 fully saturated rings. The van der Waals surface area contributed by atoms with Gasteiger partial charge in [0.05, 0.1) is 0 Å². The molecule has 5 aromatic rings. The second-order valence-corrected chi connectivity index (χ2v) is 17.5. The molecule has 1 aliphatic carbocycles. The van der Waals surface area contributed by atoms with Gasteiger partial charge in [0.2, 0.25) is 0 Å². The fourth-order valence-electron chi connectivity index (χ4n) is 7.75. The Morgan fingerprint density at radius 1 is 0.704 bits per heavy atom. The van der Waals surface area contributed by atoms with E-state index in [1.807, 2.05) is 12.2 Å². The summed E-state index contributed by atoms with van der Waals surface area (Å²) in [5.74, 6) is 0. The molecular weight excluding hydrogens is 775 g/mol. The molecule has 0 N–H and O–H groups in total. The van der Waals surface area contributed by atoms with Crippen LogP contribution < -0.4 is 24.8 Å². The maximum atomic E-state index is 2.99. The quantitative estimate of drug-likeness (QED) is 0.104. The summed E-state index contributed by atoms with van der Waals surface area (Å²) in [5.41, 5.74) is 9.84. The van der Waals surface area contributed by atoms with Crippen molar-refractivity contribution < 1.29 is 49.0 Å². The van der Waals surface area contributed by atoms with E-state index in [4.69, 9.17) is 0 Å². The molecule has 3 heteroatoms. The zero-order valence-corrected chi connectivity index (χ0v) is 38.6. The van der Waals surface area contributed by atoms with Gasteiger partial charge in [-0.25, -0.2) is 12.2 Å². The van der Waals surface area contributed by atoms with Gasteiger partial charge in [0.1, 0.15) is 0 Å². The first-order chi connectivity index (χ1) is 25.0. The van der Waals surface area contributed by atoms with Crippen molar-refractivity contribution >= 4 is 24.8 Å². The zero-order valence-electron chi connectivity index (χ0n) is 34.6. The van der Waals surface area contributed by atoms with Crippen LogP contribution in [-0.2, 0) is 41.5 Å². The maximum absolute atomic E-state index is 2.99. The summed E-state index contributed by atoms with van der Waals surface area (Å²) in [4.78, 5) is 0. The Bertz CT molecular complexity index is 1920. The van der Waals surface area contributed by atoms with E-state index in [1.54, 1.807) is 27.4 Å². The minimum absolute atomic E-state index is 0. The van der Waals surface area contributed by atoms with Crippen molar-refractivity contribution in [1.29, 1.82) is 0 Å². The zero-order chi connectivity index (χ0) is 37.7. The summed E-state index contributed by atoms with van der Waals surface area (Å²) in [7, 11) is 0. The number of allylic oxidation sites excluding steroid dienone is 4. The van der Waals surface area contributed by atoms with Gasteiger partial charge in [-0.1, -0.05) is 138 Å². The molecule has 0 atom stereocenters. The molecule has 0 saturated carbocycles. The van der Waals surface area contributed by atoms with Gasteiger partial charge in [0.25, 0.3) is 0 Å². The molecule has 1 aliphatic rings. The molecule has 0 unspecified atom stereocenters. The molecule has 0 spiro atoms. The van der Waals surface area contributed by atoms with Crippen molar-refractivity contribution in [2.45, 2.75) is 137 Å². The number of rotatable bonds is 13. The Kier molecular flexibility index (Phi) is 20.3. The van der Waals surface area contributed by atoms with E-state index < -0.39 is 0 Å². The monoisotopic (exact) mass is 836 g/mol. The molecular formula is C51H64Cl2Zr-2. The van der Waals surface area contributed by atoms with Crippen LogP contribution in [0.3, 0.4) is 0 Å².